The Morgan fingerprint density at radius 3 is 2.00 bits per heavy atom. The number of carbonyl (C=O) groups excluding carboxylic acids is 1. The predicted molar refractivity (Wildman–Crippen MR) is 52.2 cm³/mol. The molecule has 0 heterocycles. The molecule has 0 aromatic heterocycles. The maximum absolute atomic E-state index is 10.9. The first kappa shape index (κ1) is 11.6. The SMILES string of the molecule is CC(=O)CN(CC(C)C)C(C)C. The van der Waals surface area contributed by atoms with E-state index in [1.165, 1.54) is 0 Å². The van der Waals surface area contributed by atoms with Crippen molar-refractivity contribution in [3.8, 4) is 0 Å². The van der Waals surface area contributed by atoms with Gasteiger partial charge in [-0.2, -0.15) is 0 Å². The van der Waals surface area contributed by atoms with Crippen LogP contribution in [0.2, 0.25) is 0 Å². The minimum absolute atomic E-state index is 0.254. The van der Waals surface area contributed by atoms with Gasteiger partial charge in [0.25, 0.3) is 0 Å². The molecular formula is C10H21NO. The lowest BCUT2D eigenvalue weighted by molar-refractivity contribution is -0.118. The summed E-state index contributed by atoms with van der Waals surface area (Å²) in [6, 6.07) is 0.469. The quantitative estimate of drug-likeness (QED) is 0.630. The molecule has 0 saturated heterocycles. The van der Waals surface area contributed by atoms with Gasteiger partial charge in [0.05, 0.1) is 6.54 Å². The Hall–Kier alpha value is -0.370. The first-order valence-electron chi connectivity index (χ1n) is 4.67. The van der Waals surface area contributed by atoms with Crippen molar-refractivity contribution in [1.82, 2.24) is 4.90 Å². The van der Waals surface area contributed by atoms with Crippen molar-refractivity contribution in [3.05, 3.63) is 0 Å². The van der Waals surface area contributed by atoms with Gasteiger partial charge >= 0.3 is 0 Å². The molecule has 0 aliphatic heterocycles. The van der Waals surface area contributed by atoms with Crippen molar-refractivity contribution >= 4 is 5.78 Å². The highest BCUT2D eigenvalue weighted by Gasteiger charge is 2.12. The number of nitrogens with zero attached hydrogens (tertiary/aromatic N) is 1. The number of rotatable bonds is 5. The van der Waals surface area contributed by atoms with Crippen LogP contribution in [0, 0.1) is 5.92 Å². The maximum atomic E-state index is 10.9. The van der Waals surface area contributed by atoms with E-state index in [1.807, 2.05) is 0 Å². The highest BCUT2D eigenvalue weighted by atomic mass is 16.1. The second kappa shape index (κ2) is 5.31. The Labute approximate surface area is 75.9 Å². The molecule has 0 spiro atoms. The second-order valence-electron chi connectivity index (χ2n) is 4.12. The molecule has 2 heteroatoms. The molecule has 0 fully saturated rings. The highest BCUT2D eigenvalue weighted by Crippen LogP contribution is 2.03. The fraction of sp³-hybridized carbons (Fsp3) is 0.900. The van der Waals surface area contributed by atoms with Crippen molar-refractivity contribution in [2.24, 2.45) is 5.92 Å². The van der Waals surface area contributed by atoms with Gasteiger partial charge in [-0.15, -0.1) is 0 Å². The molecule has 0 aliphatic carbocycles. The molecule has 0 amide bonds. The standard InChI is InChI=1S/C10H21NO/c1-8(2)6-11(9(3)4)7-10(5)12/h8-9H,6-7H2,1-5H3. The fourth-order valence-corrected chi connectivity index (χ4v) is 1.21. The van der Waals surface area contributed by atoms with Crippen LogP contribution in [0.15, 0.2) is 0 Å². The number of Topliss-reactive ketones (excluding diaryl/α,β-unsaturated/α-hetero) is 1. The highest BCUT2D eigenvalue weighted by molar-refractivity contribution is 5.77. The number of hydrogen-bond acceptors (Lipinski definition) is 2. The van der Waals surface area contributed by atoms with Crippen molar-refractivity contribution < 1.29 is 4.79 Å². The lowest BCUT2D eigenvalue weighted by Crippen LogP contribution is -2.37. The molecule has 0 N–H and O–H groups in total. The summed E-state index contributed by atoms with van der Waals surface area (Å²) in [6.45, 7) is 11.9. The van der Waals surface area contributed by atoms with Gasteiger partial charge in [-0.05, 0) is 26.7 Å². The van der Waals surface area contributed by atoms with Crippen LogP contribution in [0.4, 0.5) is 0 Å². The summed E-state index contributed by atoms with van der Waals surface area (Å²) in [5.74, 6) is 0.885. The minimum atomic E-state index is 0.254. The number of hydrogen-bond donors (Lipinski definition) is 0. The molecule has 0 aliphatic rings. The molecule has 12 heavy (non-hydrogen) atoms. The zero-order chi connectivity index (χ0) is 9.72. The van der Waals surface area contributed by atoms with Crippen LogP contribution in [0.5, 0.6) is 0 Å². The third kappa shape index (κ3) is 5.30. The van der Waals surface area contributed by atoms with Crippen LogP contribution >= 0.6 is 0 Å². The van der Waals surface area contributed by atoms with Gasteiger partial charge in [-0.1, -0.05) is 13.8 Å². The average Bonchev–Trinajstić information content (AvgIpc) is 1.83. The van der Waals surface area contributed by atoms with Crippen LogP contribution in [0.25, 0.3) is 0 Å². The van der Waals surface area contributed by atoms with Gasteiger partial charge in [0.2, 0.25) is 0 Å². The summed E-state index contributed by atoms with van der Waals surface area (Å²) in [5, 5.41) is 0. The molecule has 72 valence electrons. The number of carbonyl (C=O) groups is 1. The average molecular weight is 171 g/mol. The Bertz CT molecular complexity index is 141. The Morgan fingerprint density at radius 1 is 1.25 bits per heavy atom. The molecule has 2 nitrogen and oxygen atoms in total. The normalized spacial score (nSPS) is 11.7. The molecule has 0 saturated carbocycles. The van der Waals surface area contributed by atoms with Crippen LogP contribution in [0.3, 0.4) is 0 Å². The first-order chi connectivity index (χ1) is 5.43. The van der Waals surface area contributed by atoms with Gasteiger partial charge in [0.1, 0.15) is 5.78 Å². The molecule has 0 aromatic carbocycles. The van der Waals surface area contributed by atoms with Gasteiger partial charge in [-0.3, -0.25) is 9.69 Å². The van der Waals surface area contributed by atoms with E-state index < -0.39 is 0 Å². The lowest BCUT2D eigenvalue weighted by Gasteiger charge is -2.26. The third-order valence-electron chi connectivity index (χ3n) is 1.76. The Kier molecular flexibility index (Phi) is 5.14. The maximum Gasteiger partial charge on any atom is 0.143 e. The van der Waals surface area contributed by atoms with Gasteiger partial charge < -0.3 is 0 Å². The summed E-state index contributed by atoms with van der Waals surface area (Å²) >= 11 is 0. The van der Waals surface area contributed by atoms with Gasteiger partial charge in [0, 0.05) is 12.6 Å². The smallest absolute Gasteiger partial charge is 0.143 e. The van der Waals surface area contributed by atoms with Crippen molar-refractivity contribution in [2.75, 3.05) is 13.1 Å². The van der Waals surface area contributed by atoms with Crippen molar-refractivity contribution in [1.29, 1.82) is 0 Å². The van der Waals surface area contributed by atoms with E-state index in [4.69, 9.17) is 0 Å². The first-order valence-corrected chi connectivity index (χ1v) is 4.67. The monoisotopic (exact) mass is 171 g/mol. The van der Waals surface area contributed by atoms with Gasteiger partial charge in [-0.25, -0.2) is 0 Å². The predicted octanol–water partition coefficient (Wildman–Crippen LogP) is 1.94. The van der Waals surface area contributed by atoms with Gasteiger partial charge in [0.15, 0.2) is 0 Å². The summed E-state index contributed by atoms with van der Waals surface area (Å²) in [5.41, 5.74) is 0. The van der Waals surface area contributed by atoms with E-state index in [0.717, 1.165) is 6.54 Å². The molecule has 0 atom stereocenters. The summed E-state index contributed by atoms with van der Waals surface area (Å²) < 4.78 is 0. The van der Waals surface area contributed by atoms with E-state index in [2.05, 4.69) is 32.6 Å². The largest absolute Gasteiger partial charge is 0.299 e. The lowest BCUT2D eigenvalue weighted by atomic mass is 10.1. The Morgan fingerprint density at radius 2 is 1.75 bits per heavy atom. The summed E-state index contributed by atoms with van der Waals surface area (Å²) in [7, 11) is 0. The molecule has 0 rings (SSSR count). The van der Waals surface area contributed by atoms with E-state index in [9.17, 15) is 4.79 Å². The minimum Gasteiger partial charge on any atom is -0.299 e. The molecule has 0 unspecified atom stereocenters. The molecular weight excluding hydrogens is 150 g/mol. The van der Waals surface area contributed by atoms with Crippen molar-refractivity contribution in [2.45, 2.75) is 40.7 Å². The van der Waals surface area contributed by atoms with Crippen LogP contribution in [-0.4, -0.2) is 29.8 Å². The zero-order valence-electron chi connectivity index (χ0n) is 8.92. The van der Waals surface area contributed by atoms with Crippen LogP contribution in [0.1, 0.15) is 34.6 Å². The van der Waals surface area contributed by atoms with Crippen molar-refractivity contribution in [3.63, 3.8) is 0 Å². The number of ketones is 1. The van der Waals surface area contributed by atoms with Crippen LogP contribution < -0.4 is 0 Å². The van der Waals surface area contributed by atoms with Crippen LogP contribution in [-0.2, 0) is 4.79 Å². The molecule has 0 aromatic rings. The van der Waals surface area contributed by atoms with E-state index in [-0.39, 0.29) is 5.78 Å². The van der Waals surface area contributed by atoms with E-state index in [0.29, 0.717) is 18.5 Å². The topological polar surface area (TPSA) is 20.3 Å². The van der Waals surface area contributed by atoms with E-state index >= 15 is 0 Å². The molecule has 0 bridgehead atoms. The molecule has 0 radical (unpaired) electrons. The summed E-state index contributed by atoms with van der Waals surface area (Å²) in [4.78, 5) is 13.1. The fourth-order valence-electron chi connectivity index (χ4n) is 1.21. The van der Waals surface area contributed by atoms with E-state index in [1.54, 1.807) is 6.92 Å². The Balaban J connectivity index is 3.95. The summed E-state index contributed by atoms with van der Waals surface area (Å²) in [6.07, 6.45) is 0. The zero-order valence-corrected chi connectivity index (χ0v) is 8.92. The second-order valence-corrected chi connectivity index (χ2v) is 4.12. The third-order valence-corrected chi connectivity index (χ3v) is 1.76.